The van der Waals surface area contributed by atoms with Crippen molar-refractivity contribution in [1.29, 1.82) is 0 Å². The van der Waals surface area contributed by atoms with Crippen LogP contribution in [0.2, 0.25) is 0 Å². The molecule has 0 aromatic heterocycles. The Morgan fingerprint density at radius 2 is 1.61 bits per heavy atom. The highest BCUT2D eigenvalue weighted by Crippen LogP contribution is 2.32. The molecule has 0 radical (unpaired) electrons. The molecule has 2 N–H and O–H groups in total. The standard InChI is InChI=1S/C28H33N3O6S/c1-6-20(3)29-28(33)23-9-7-8-10-24(23)30-27(32)18-31(21-13-11-19(2)12-14-21)38(34,35)22-15-16-25(36-4)26(17-22)37-5/h7-17,20H,6,18H2,1-5H3,(H,29,33)(H,30,32)/t20-/m0/s1. The first-order valence-corrected chi connectivity index (χ1v) is 13.6. The molecule has 0 fully saturated rings. The lowest BCUT2D eigenvalue weighted by molar-refractivity contribution is -0.114. The monoisotopic (exact) mass is 539 g/mol. The summed E-state index contributed by atoms with van der Waals surface area (Å²) in [4.78, 5) is 25.9. The predicted molar refractivity (Wildman–Crippen MR) is 148 cm³/mol. The van der Waals surface area contributed by atoms with Crippen LogP contribution in [0.3, 0.4) is 0 Å². The normalized spacial score (nSPS) is 11.8. The van der Waals surface area contributed by atoms with Crippen molar-refractivity contribution in [2.45, 2.75) is 38.1 Å². The Kier molecular flexibility index (Phi) is 9.35. The maximum absolute atomic E-state index is 13.8. The summed E-state index contributed by atoms with van der Waals surface area (Å²) < 4.78 is 39.1. The lowest BCUT2D eigenvalue weighted by atomic mass is 10.1. The lowest BCUT2D eigenvalue weighted by Gasteiger charge is -2.25. The topological polar surface area (TPSA) is 114 Å². The third-order valence-corrected chi connectivity index (χ3v) is 7.76. The number of hydrogen-bond acceptors (Lipinski definition) is 6. The van der Waals surface area contributed by atoms with Gasteiger partial charge in [-0.05, 0) is 56.7 Å². The van der Waals surface area contributed by atoms with Crippen molar-refractivity contribution in [3.63, 3.8) is 0 Å². The van der Waals surface area contributed by atoms with Crippen LogP contribution in [0.15, 0.2) is 71.6 Å². The zero-order valence-electron chi connectivity index (χ0n) is 22.1. The first-order chi connectivity index (χ1) is 18.1. The van der Waals surface area contributed by atoms with Crippen LogP contribution in [0, 0.1) is 6.92 Å². The molecule has 1 atom stereocenters. The van der Waals surface area contributed by atoms with Crippen LogP contribution in [0.25, 0.3) is 0 Å². The molecule has 0 aliphatic carbocycles. The van der Waals surface area contributed by atoms with Gasteiger partial charge in [-0.15, -0.1) is 0 Å². The summed E-state index contributed by atoms with van der Waals surface area (Å²) >= 11 is 0. The number of nitrogens with zero attached hydrogens (tertiary/aromatic N) is 1. The summed E-state index contributed by atoms with van der Waals surface area (Å²) in [6.45, 7) is 5.20. The second-order valence-corrected chi connectivity index (χ2v) is 10.6. The number of anilines is 2. The van der Waals surface area contributed by atoms with Gasteiger partial charge in [0.2, 0.25) is 5.91 Å². The number of nitrogens with one attached hydrogen (secondary N) is 2. The van der Waals surface area contributed by atoms with E-state index < -0.39 is 22.5 Å². The molecule has 38 heavy (non-hydrogen) atoms. The van der Waals surface area contributed by atoms with E-state index in [1.54, 1.807) is 48.5 Å². The number of methoxy groups -OCH3 is 2. The average molecular weight is 540 g/mol. The number of sulfonamides is 1. The van der Waals surface area contributed by atoms with Gasteiger partial charge in [-0.1, -0.05) is 36.8 Å². The molecule has 9 nitrogen and oxygen atoms in total. The Balaban J connectivity index is 1.95. The number of rotatable bonds is 11. The number of hydrogen-bond donors (Lipinski definition) is 2. The van der Waals surface area contributed by atoms with Crippen LogP contribution in [0.5, 0.6) is 11.5 Å². The van der Waals surface area contributed by atoms with Gasteiger partial charge in [-0.3, -0.25) is 13.9 Å². The van der Waals surface area contributed by atoms with Crippen LogP contribution >= 0.6 is 0 Å². The molecule has 2 amide bonds. The summed E-state index contributed by atoms with van der Waals surface area (Å²) in [5.74, 6) is -0.330. The third kappa shape index (κ3) is 6.63. The maximum atomic E-state index is 13.8. The van der Waals surface area contributed by atoms with Crippen LogP contribution in [-0.4, -0.2) is 47.0 Å². The Bertz CT molecular complexity index is 1390. The van der Waals surface area contributed by atoms with Crippen molar-refractivity contribution in [3.8, 4) is 11.5 Å². The summed E-state index contributed by atoms with van der Waals surface area (Å²) in [7, 11) is -1.33. The van der Waals surface area contributed by atoms with E-state index in [9.17, 15) is 18.0 Å². The van der Waals surface area contributed by atoms with Crippen molar-refractivity contribution in [2.75, 3.05) is 30.4 Å². The van der Waals surface area contributed by atoms with Gasteiger partial charge >= 0.3 is 0 Å². The molecule has 0 saturated heterocycles. The number of carbonyl (C=O) groups is 2. The summed E-state index contributed by atoms with van der Waals surface area (Å²) in [5, 5.41) is 5.59. The minimum atomic E-state index is -4.20. The molecule has 0 saturated carbocycles. The fraction of sp³-hybridized carbons (Fsp3) is 0.286. The molecule has 3 aromatic carbocycles. The molecule has 0 heterocycles. The van der Waals surface area contributed by atoms with Crippen LogP contribution in [-0.2, 0) is 14.8 Å². The predicted octanol–water partition coefficient (Wildman–Crippen LogP) is 4.37. The van der Waals surface area contributed by atoms with Crippen LogP contribution in [0.1, 0.15) is 36.2 Å². The van der Waals surface area contributed by atoms with Gasteiger partial charge < -0.3 is 20.1 Å². The van der Waals surface area contributed by atoms with Crippen molar-refractivity contribution in [1.82, 2.24) is 5.32 Å². The molecule has 0 bridgehead atoms. The van der Waals surface area contributed by atoms with E-state index in [0.29, 0.717) is 11.4 Å². The van der Waals surface area contributed by atoms with E-state index in [-0.39, 0.29) is 33.8 Å². The summed E-state index contributed by atoms with van der Waals surface area (Å²) in [5.41, 5.74) is 1.81. The molecule has 0 unspecified atom stereocenters. The van der Waals surface area contributed by atoms with E-state index in [4.69, 9.17) is 9.47 Å². The smallest absolute Gasteiger partial charge is 0.264 e. The van der Waals surface area contributed by atoms with Gasteiger partial charge in [0.15, 0.2) is 11.5 Å². The Hall–Kier alpha value is -4.05. The maximum Gasteiger partial charge on any atom is 0.264 e. The quantitative estimate of drug-likeness (QED) is 0.374. The fourth-order valence-electron chi connectivity index (χ4n) is 3.64. The number of ether oxygens (including phenoxy) is 2. The second-order valence-electron chi connectivity index (χ2n) is 8.74. The Morgan fingerprint density at radius 3 is 2.24 bits per heavy atom. The zero-order valence-corrected chi connectivity index (χ0v) is 23.0. The number of benzene rings is 3. The molecule has 0 aliphatic heterocycles. The van der Waals surface area contributed by atoms with E-state index in [1.807, 2.05) is 20.8 Å². The number of carbonyl (C=O) groups excluding carboxylic acids is 2. The first-order valence-electron chi connectivity index (χ1n) is 12.1. The largest absolute Gasteiger partial charge is 0.493 e. The van der Waals surface area contributed by atoms with Gasteiger partial charge in [0, 0.05) is 12.1 Å². The number of para-hydroxylation sites is 1. The number of aryl methyl sites for hydroxylation is 1. The highest BCUT2D eigenvalue weighted by molar-refractivity contribution is 7.92. The van der Waals surface area contributed by atoms with Gasteiger partial charge in [0.25, 0.3) is 15.9 Å². The van der Waals surface area contributed by atoms with Gasteiger partial charge in [-0.2, -0.15) is 0 Å². The minimum Gasteiger partial charge on any atom is -0.493 e. The van der Waals surface area contributed by atoms with Crippen molar-refractivity contribution < 1.29 is 27.5 Å². The third-order valence-electron chi connectivity index (χ3n) is 5.99. The molecule has 202 valence electrons. The summed E-state index contributed by atoms with van der Waals surface area (Å²) in [6.07, 6.45) is 0.750. The van der Waals surface area contributed by atoms with Crippen LogP contribution < -0.4 is 24.4 Å². The van der Waals surface area contributed by atoms with Crippen molar-refractivity contribution in [2.24, 2.45) is 0 Å². The van der Waals surface area contributed by atoms with E-state index >= 15 is 0 Å². The molecule has 0 aliphatic rings. The SMILES string of the molecule is CC[C@H](C)NC(=O)c1ccccc1NC(=O)CN(c1ccc(C)cc1)S(=O)(=O)c1ccc(OC)c(OC)c1. The van der Waals surface area contributed by atoms with Gasteiger partial charge in [0.1, 0.15) is 6.54 Å². The molecule has 3 aromatic rings. The molecule has 0 spiro atoms. The average Bonchev–Trinajstić information content (AvgIpc) is 2.91. The van der Waals surface area contributed by atoms with E-state index in [2.05, 4.69) is 10.6 Å². The summed E-state index contributed by atoms with van der Waals surface area (Å²) in [6, 6.07) is 17.6. The first kappa shape index (κ1) is 28.5. The molecule has 10 heteroatoms. The Labute approximate surface area is 223 Å². The Morgan fingerprint density at radius 1 is 0.947 bits per heavy atom. The highest BCUT2D eigenvalue weighted by atomic mass is 32.2. The fourth-order valence-corrected chi connectivity index (χ4v) is 5.08. The van der Waals surface area contributed by atoms with Crippen LogP contribution in [0.4, 0.5) is 11.4 Å². The van der Waals surface area contributed by atoms with E-state index in [0.717, 1.165) is 16.3 Å². The van der Waals surface area contributed by atoms with E-state index in [1.165, 1.54) is 32.4 Å². The van der Waals surface area contributed by atoms with Gasteiger partial charge in [-0.25, -0.2) is 8.42 Å². The molecular weight excluding hydrogens is 506 g/mol. The molecule has 3 rings (SSSR count). The second kappa shape index (κ2) is 12.5. The number of amides is 2. The lowest BCUT2D eigenvalue weighted by Crippen LogP contribution is -2.38. The van der Waals surface area contributed by atoms with Crippen molar-refractivity contribution >= 4 is 33.2 Å². The highest BCUT2D eigenvalue weighted by Gasteiger charge is 2.29. The molecular formula is C28H33N3O6S. The van der Waals surface area contributed by atoms with Crippen molar-refractivity contribution in [3.05, 3.63) is 77.9 Å². The minimum absolute atomic E-state index is 0.0464. The van der Waals surface area contributed by atoms with Gasteiger partial charge in [0.05, 0.1) is 36.1 Å². The zero-order chi connectivity index (χ0) is 27.9.